The number of hydrogen-bond donors (Lipinski definition) is 2. The number of β-lactam (4-membered cyclic amide) rings is 1. The van der Waals surface area contributed by atoms with Gasteiger partial charge in [-0.2, -0.15) is 25.7 Å². The van der Waals surface area contributed by atoms with Crippen LogP contribution in [0.5, 0.6) is 0 Å². The van der Waals surface area contributed by atoms with Crippen LogP contribution in [0.4, 0.5) is 0 Å². The van der Waals surface area contributed by atoms with Crippen molar-refractivity contribution in [3.05, 3.63) is 36.2 Å². The van der Waals surface area contributed by atoms with E-state index in [1.165, 1.54) is 9.58 Å². The molecule has 0 bridgehead atoms. The summed E-state index contributed by atoms with van der Waals surface area (Å²) in [6, 6.07) is 7.23. The number of amides is 2. The third-order valence-corrected chi connectivity index (χ3v) is 6.04. The molecular formula is C14H15N6NaO5S2. The molecule has 0 aliphatic carbocycles. The summed E-state index contributed by atoms with van der Waals surface area (Å²) in [4.78, 5) is 26.3. The van der Waals surface area contributed by atoms with E-state index in [0.717, 1.165) is 0 Å². The minimum absolute atomic E-state index is 0. The Bertz CT molecular complexity index is 1020. The summed E-state index contributed by atoms with van der Waals surface area (Å²) >= 11 is 4.33. The van der Waals surface area contributed by atoms with E-state index in [2.05, 4.69) is 28.2 Å². The van der Waals surface area contributed by atoms with Crippen LogP contribution in [0.25, 0.3) is 5.69 Å². The number of nitrogens with zero attached hydrogens (tertiary/aromatic N) is 6. The van der Waals surface area contributed by atoms with Gasteiger partial charge in [0.1, 0.15) is 11.3 Å². The summed E-state index contributed by atoms with van der Waals surface area (Å²) < 4.78 is 33.5. The number of carbonyl (C=O) groups is 2. The number of likely N-dealkylation sites (tertiary alicyclic amines) is 1. The van der Waals surface area contributed by atoms with E-state index in [-0.39, 0.29) is 48.3 Å². The quantitative estimate of drug-likeness (QED) is 0.259. The normalized spacial score (nSPS) is 22.3. The second-order valence-electron chi connectivity index (χ2n) is 6.13. The standard InChI is InChI=1S/C14H14N6O5S2.Na.H/c21-13-10-9(20(13)27(23,24)25)6-7-18(10)14(22)11(26)12-15-16-17-19(12)8-4-2-1-3-5-8;;/h1-5,9-11,26H,6-7H2,(H,23,24,25);;/t9-,10+,11?;;/m1../s1. The number of hydrogen-bond acceptors (Lipinski definition) is 8. The fourth-order valence-corrected chi connectivity index (χ4v) is 4.66. The molecule has 14 heteroatoms. The van der Waals surface area contributed by atoms with Crippen LogP contribution in [-0.4, -0.2) is 102 Å². The number of rotatable bonds is 4. The number of aromatic nitrogens is 4. The molecule has 2 fully saturated rings. The first-order valence-corrected chi connectivity index (χ1v) is 9.85. The van der Waals surface area contributed by atoms with Crippen LogP contribution in [0, 0.1) is 0 Å². The first-order chi connectivity index (χ1) is 12.8. The van der Waals surface area contributed by atoms with E-state index in [1.54, 1.807) is 24.3 Å². The molecular weight excluding hydrogens is 419 g/mol. The van der Waals surface area contributed by atoms with Crippen molar-refractivity contribution in [3.8, 4) is 5.69 Å². The average molecular weight is 434 g/mol. The molecule has 1 aromatic carbocycles. The van der Waals surface area contributed by atoms with Gasteiger partial charge in [0.15, 0.2) is 5.82 Å². The maximum absolute atomic E-state index is 12.9. The minimum atomic E-state index is -4.63. The SMILES string of the molecule is O=C(C(S)c1nnnn1-c1ccccc1)N1CC[C@@H]2[C@H]1C(=O)N2S(=O)(=O)O.[NaH]. The summed E-state index contributed by atoms with van der Waals surface area (Å²) in [6.45, 7) is 0.163. The summed E-state index contributed by atoms with van der Waals surface area (Å²) in [5.74, 6) is -1.17. The average Bonchev–Trinajstić information content (AvgIpc) is 3.24. The molecule has 2 amide bonds. The molecule has 2 aliphatic rings. The molecule has 2 aromatic rings. The van der Waals surface area contributed by atoms with Crippen LogP contribution in [-0.2, 0) is 19.9 Å². The van der Waals surface area contributed by atoms with Crippen LogP contribution in [0.2, 0.25) is 0 Å². The molecule has 144 valence electrons. The summed E-state index contributed by atoms with van der Waals surface area (Å²) in [5.41, 5.74) is 0.640. The van der Waals surface area contributed by atoms with E-state index in [1.807, 2.05) is 6.07 Å². The van der Waals surface area contributed by atoms with Gasteiger partial charge in [0.2, 0.25) is 5.91 Å². The van der Waals surface area contributed by atoms with Crippen molar-refractivity contribution < 1.29 is 22.6 Å². The van der Waals surface area contributed by atoms with Gasteiger partial charge in [0.05, 0.1) is 11.7 Å². The van der Waals surface area contributed by atoms with Gasteiger partial charge >= 0.3 is 39.9 Å². The van der Waals surface area contributed by atoms with E-state index < -0.39 is 39.5 Å². The molecule has 1 N–H and O–H groups in total. The van der Waals surface area contributed by atoms with Crippen LogP contribution >= 0.6 is 12.6 Å². The van der Waals surface area contributed by atoms with Gasteiger partial charge in [-0.1, -0.05) is 18.2 Å². The number of tetrazole rings is 1. The van der Waals surface area contributed by atoms with E-state index in [4.69, 9.17) is 4.55 Å². The molecule has 28 heavy (non-hydrogen) atoms. The first-order valence-electron chi connectivity index (χ1n) is 7.93. The second kappa shape index (κ2) is 7.72. The maximum atomic E-state index is 12.9. The molecule has 1 unspecified atom stereocenters. The van der Waals surface area contributed by atoms with Crippen molar-refractivity contribution in [2.24, 2.45) is 0 Å². The van der Waals surface area contributed by atoms with Gasteiger partial charge in [-0.15, -0.1) is 5.10 Å². The van der Waals surface area contributed by atoms with E-state index >= 15 is 0 Å². The zero-order valence-corrected chi connectivity index (χ0v) is 15.4. The molecule has 2 aliphatic heterocycles. The molecule has 2 saturated heterocycles. The summed E-state index contributed by atoms with van der Waals surface area (Å²) in [5, 5.41) is 10.3. The Hall–Kier alpha value is -1.51. The second-order valence-corrected chi connectivity index (χ2v) is 7.94. The molecule has 0 radical (unpaired) electrons. The number of thiol groups is 1. The monoisotopic (exact) mass is 434 g/mol. The van der Waals surface area contributed by atoms with Crippen LogP contribution in [0.15, 0.2) is 30.3 Å². The van der Waals surface area contributed by atoms with Crippen LogP contribution < -0.4 is 0 Å². The van der Waals surface area contributed by atoms with Crippen molar-refractivity contribution >= 4 is 64.3 Å². The third-order valence-electron chi connectivity index (χ3n) is 4.64. The van der Waals surface area contributed by atoms with Crippen molar-refractivity contribution in [2.45, 2.75) is 23.8 Å². The van der Waals surface area contributed by atoms with Gasteiger partial charge in [0, 0.05) is 6.54 Å². The zero-order chi connectivity index (χ0) is 19.3. The molecule has 3 atom stereocenters. The molecule has 1 aromatic heterocycles. The van der Waals surface area contributed by atoms with Crippen LogP contribution in [0.3, 0.4) is 0 Å². The molecule has 4 rings (SSSR count). The summed E-state index contributed by atoms with van der Waals surface area (Å²) in [6.07, 6.45) is 0.242. The first kappa shape index (κ1) is 21.2. The molecule has 0 spiro atoms. The summed E-state index contributed by atoms with van der Waals surface area (Å²) in [7, 11) is -4.63. The number of para-hydroxylation sites is 1. The van der Waals surface area contributed by atoms with Crippen molar-refractivity contribution in [1.82, 2.24) is 29.4 Å². The fraction of sp³-hybridized carbons (Fsp3) is 0.357. The Morgan fingerprint density at radius 2 is 1.96 bits per heavy atom. The third kappa shape index (κ3) is 3.35. The predicted molar refractivity (Wildman–Crippen MR) is 100 cm³/mol. The van der Waals surface area contributed by atoms with Gasteiger partial charge in [0.25, 0.3) is 5.91 Å². The zero-order valence-electron chi connectivity index (χ0n) is 13.7. The molecule has 11 nitrogen and oxygen atoms in total. The van der Waals surface area contributed by atoms with Gasteiger partial charge in [-0.05, 0) is 29.0 Å². The van der Waals surface area contributed by atoms with Gasteiger partial charge in [-0.3, -0.25) is 14.1 Å². The Morgan fingerprint density at radius 1 is 1.29 bits per heavy atom. The predicted octanol–water partition coefficient (Wildman–Crippen LogP) is -1.40. The van der Waals surface area contributed by atoms with Gasteiger partial charge < -0.3 is 4.90 Å². The van der Waals surface area contributed by atoms with E-state index in [0.29, 0.717) is 9.99 Å². The Balaban J connectivity index is 0.00000225. The Kier molecular flexibility index (Phi) is 5.85. The van der Waals surface area contributed by atoms with Crippen molar-refractivity contribution in [1.29, 1.82) is 0 Å². The molecule has 3 heterocycles. The van der Waals surface area contributed by atoms with Crippen molar-refractivity contribution in [2.75, 3.05) is 6.54 Å². The fourth-order valence-electron chi connectivity index (χ4n) is 3.45. The Labute approximate surface area is 187 Å². The molecule has 0 saturated carbocycles. The van der Waals surface area contributed by atoms with E-state index in [9.17, 15) is 18.0 Å². The van der Waals surface area contributed by atoms with Gasteiger partial charge in [-0.25, -0.2) is 4.31 Å². The number of carbonyl (C=O) groups excluding carboxylic acids is 2. The van der Waals surface area contributed by atoms with Crippen molar-refractivity contribution in [3.63, 3.8) is 0 Å². The van der Waals surface area contributed by atoms with Crippen LogP contribution in [0.1, 0.15) is 17.5 Å². The number of fused-ring (bicyclic) bond motifs is 1. The topological polar surface area (TPSA) is 139 Å². The number of benzene rings is 1. The Morgan fingerprint density at radius 3 is 2.61 bits per heavy atom.